The van der Waals surface area contributed by atoms with Gasteiger partial charge >= 0.3 is 5.97 Å². The molecular weight excluding hydrogens is 340 g/mol. The van der Waals surface area contributed by atoms with Gasteiger partial charge in [-0.3, -0.25) is 4.79 Å². The van der Waals surface area contributed by atoms with Crippen molar-refractivity contribution in [2.45, 2.75) is 6.42 Å². The van der Waals surface area contributed by atoms with E-state index in [1.807, 2.05) is 24.3 Å². The standard InChI is InChI=1S/C18H16N2O4S/c21-17(19-13-5-3-4-11(8-13)18(22)23)12(10-25)9-15-14-6-1-2-7-16(14)24-20-15/h1-8,12,25H,9-10H2,(H,19,21)(H,22,23). The maximum absolute atomic E-state index is 12.5. The van der Waals surface area contributed by atoms with Crippen LogP contribution in [0.5, 0.6) is 0 Å². The summed E-state index contributed by atoms with van der Waals surface area (Å²) in [5, 5.41) is 16.7. The molecule has 2 N–H and O–H groups in total. The lowest BCUT2D eigenvalue weighted by molar-refractivity contribution is -0.119. The molecule has 3 rings (SSSR count). The number of aromatic nitrogens is 1. The minimum atomic E-state index is -1.05. The van der Waals surface area contributed by atoms with Crippen molar-refractivity contribution >= 4 is 41.2 Å². The zero-order valence-electron chi connectivity index (χ0n) is 13.2. The van der Waals surface area contributed by atoms with Gasteiger partial charge in [-0.25, -0.2) is 4.79 Å². The van der Waals surface area contributed by atoms with E-state index in [2.05, 4.69) is 23.1 Å². The molecule has 2 aromatic carbocycles. The fourth-order valence-electron chi connectivity index (χ4n) is 2.53. The van der Waals surface area contributed by atoms with Crippen LogP contribution in [0.4, 0.5) is 5.69 Å². The molecule has 0 saturated carbocycles. The van der Waals surface area contributed by atoms with Gasteiger partial charge in [0.15, 0.2) is 5.58 Å². The van der Waals surface area contributed by atoms with Crippen molar-refractivity contribution in [2.24, 2.45) is 5.92 Å². The number of thiol groups is 1. The summed E-state index contributed by atoms with van der Waals surface area (Å²) < 4.78 is 5.26. The molecule has 7 heteroatoms. The van der Waals surface area contributed by atoms with E-state index in [1.165, 1.54) is 12.1 Å². The molecule has 3 aromatic rings. The van der Waals surface area contributed by atoms with Gasteiger partial charge in [0.2, 0.25) is 5.91 Å². The van der Waals surface area contributed by atoms with E-state index in [4.69, 9.17) is 9.63 Å². The minimum absolute atomic E-state index is 0.114. The number of amides is 1. The number of carbonyl (C=O) groups is 2. The number of hydrogen-bond donors (Lipinski definition) is 3. The van der Waals surface area contributed by atoms with Crippen LogP contribution in [0.15, 0.2) is 53.1 Å². The number of fused-ring (bicyclic) bond motifs is 1. The molecule has 0 bridgehead atoms. The highest BCUT2D eigenvalue weighted by Gasteiger charge is 2.21. The number of carboxylic acids is 1. The molecule has 1 atom stereocenters. The van der Waals surface area contributed by atoms with Gasteiger partial charge in [0.25, 0.3) is 0 Å². The van der Waals surface area contributed by atoms with E-state index in [0.717, 1.165) is 5.39 Å². The monoisotopic (exact) mass is 356 g/mol. The number of nitrogens with one attached hydrogen (secondary N) is 1. The number of benzene rings is 2. The first kappa shape index (κ1) is 17.0. The lowest BCUT2D eigenvalue weighted by Gasteiger charge is -2.14. The Kier molecular flexibility index (Phi) is 5.04. The second-order valence-electron chi connectivity index (χ2n) is 5.58. The average molecular weight is 356 g/mol. The summed E-state index contributed by atoms with van der Waals surface area (Å²) in [6, 6.07) is 13.6. The first-order valence-electron chi connectivity index (χ1n) is 7.67. The van der Waals surface area contributed by atoms with Gasteiger partial charge in [-0.1, -0.05) is 23.4 Å². The molecule has 0 fully saturated rings. The summed E-state index contributed by atoms with van der Waals surface area (Å²) in [6.45, 7) is 0. The van der Waals surface area contributed by atoms with E-state index in [1.54, 1.807) is 12.1 Å². The van der Waals surface area contributed by atoms with Crippen molar-refractivity contribution < 1.29 is 19.2 Å². The maximum Gasteiger partial charge on any atom is 0.335 e. The first-order valence-corrected chi connectivity index (χ1v) is 8.30. The molecule has 0 radical (unpaired) electrons. The van der Waals surface area contributed by atoms with E-state index in [-0.39, 0.29) is 11.5 Å². The highest BCUT2D eigenvalue weighted by Crippen LogP contribution is 2.22. The molecular formula is C18H16N2O4S. The highest BCUT2D eigenvalue weighted by molar-refractivity contribution is 7.80. The van der Waals surface area contributed by atoms with E-state index in [0.29, 0.717) is 29.1 Å². The summed E-state index contributed by atoms with van der Waals surface area (Å²) in [4.78, 5) is 23.5. The van der Waals surface area contributed by atoms with Gasteiger partial charge in [0, 0.05) is 23.2 Å². The Morgan fingerprint density at radius 2 is 2.00 bits per heavy atom. The Morgan fingerprint density at radius 3 is 2.76 bits per heavy atom. The normalized spacial score (nSPS) is 12.0. The van der Waals surface area contributed by atoms with Crippen molar-refractivity contribution in [1.29, 1.82) is 0 Å². The van der Waals surface area contributed by atoms with Crippen molar-refractivity contribution in [1.82, 2.24) is 5.16 Å². The third-order valence-corrected chi connectivity index (χ3v) is 4.30. The second kappa shape index (κ2) is 7.40. The SMILES string of the molecule is O=C(O)c1cccc(NC(=O)C(CS)Cc2noc3ccccc23)c1. The predicted octanol–water partition coefficient (Wildman–Crippen LogP) is 3.25. The number of para-hydroxylation sites is 1. The van der Waals surface area contributed by atoms with Crippen molar-refractivity contribution in [3.8, 4) is 0 Å². The Morgan fingerprint density at radius 1 is 1.20 bits per heavy atom. The lowest BCUT2D eigenvalue weighted by Crippen LogP contribution is -2.26. The zero-order chi connectivity index (χ0) is 17.8. The van der Waals surface area contributed by atoms with Crippen LogP contribution in [0.2, 0.25) is 0 Å². The van der Waals surface area contributed by atoms with Gasteiger partial charge < -0.3 is 14.9 Å². The molecule has 1 aromatic heterocycles. The van der Waals surface area contributed by atoms with Crippen LogP contribution in [-0.4, -0.2) is 27.9 Å². The quantitative estimate of drug-likeness (QED) is 0.590. The van der Waals surface area contributed by atoms with Gasteiger partial charge in [-0.05, 0) is 30.3 Å². The molecule has 0 aliphatic heterocycles. The number of aromatic carboxylic acids is 1. The van der Waals surface area contributed by atoms with Crippen LogP contribution in [0, 0.1) is 5.92 Å². The number of carbonyl (C=O) groups excluding carboxylic acids is 1. The van der Waals surface area contributed by atoms with Crippen LogP contribution in [0.3, 0.4) is 0 Å². The topological polar surface area (TPSA) is 92.4 Å². The van der Waals surface area contributed by atoms with Gasteiger partial charge in [0.05, 0.1) is 17.2 Å². The van der Waals surface area contributed by atoms with Crippen LogP contribution < -0.4 is 5.32 Å². The maximum atomic E-state index is 12.5. The van der Waals surface area contributed by atoms with Crippen LogP contribution in [-0.2, 0) is 11.2 Å². The number of carboxylic acid groups (broad SMARTS) is 1. The van der Waals surface area contributed by atoms with E-state index in [9.17, 15) is 9.59 Å². The summed E-state index contributed by atoms with van der Waals surface area (Å²) >= 11 is 4.27. The fraction of sp³-hybridized carbons (Fsp3) is 0.167. The molecule has 1 heterocycles. The van der Waals surface area contributed by atoms with Crippen molar-refractivity contribution in [2.75, 3.05) is 11.1 Å². The van der Waals surface area contributed by atoms with E-state index >= 15 is 0 Å². The van der Waals surface area contributed by atoms with Crippen LogP contribution in [0.25, 0.3) is 11.0 Å². The summed E-state index contributed by atoms with van der Waals surface area (Å²) in [5.74, 6) is -1.39. The predicted molar refractivity (Wildman–Crippen MR) is 97.1 cm³/mol. The molecule has 0 saturated heterocycles. The third kappa shape index (κ3) is 3.83. The molecule has 0 aliphatic carbocycles. The summed E-state index contributed by atoms with van der Waals surface area (Å²) in [5.41, 5.74) is 1.92. The van der Waals surface area contributed by atoms with Crippen molar-refractivity contribution in [3.05, 3.63) is 59.8 Å². The largest absolute Gasteiger partial charge is 0.478 e. The Hall–Kier alpha value is -2.80. The summed E-state index contributed by atoms with van der Waals surface area (Å²) in [6.07, 6.45) is 0.380. The Bertz CT molecular complexity index is 922. The number of rotatable bonds is 6. The number of nitrogens with zero attached hydrogens (tertiary/aromatic N) is 1. The smallest absolute Gasteiger partial charge is 0.335 e. The molecule has 1 unspecified atom stereocenters. The second-order valence-corrected chi connectivity index (χ2v) is 5.95. The zero-order valence-corrected chi connectivity index (χ0v) is 14.1. The molecule has 6 nitrogen and oxygen atoms in total. The van der Waals surface area contributed by atoms with Gasteiger partial charge in [-0.15, -0.1) is 0 Å². The minimum Gasteiger partial charge on any atom is -0.478 e. The first-order chi connectivity index (χ1) is 12.1. The van der Waals surface area contributed by atoms with Crippen LogP contribution in [0.1, 0.15) is 16.1 Å². The molecule has 25 heavy (non-hydrogen) atoms. The lowest BCUT2D eigenvalue weighted by atomic mass is 10.0. The third-order valence-electron chi connectivity index (χ3n) is 3.86. The number of hydrogen-bond acceptors (Lipinski definition) is 5. The van der Waals surface area contributed by atoms with Gasteiger partial charge in [0.1, 0.15) is 0 Å². The van der Waals surface area contributed by atoms with E-state index < -0.39 is 11.9 Å². The number of anilines is 1. The highest BCUT2D eigenvalue weighted by atomic mass is 32.1. The molecule has 1 amide bonds. The van der Waals surface area contributed by atoms with Gasteiger partial charge in [-0.2, -0.15) is 12.6 Å². The fourth-order valence-corrected chi connectivity index (χ4v) is 2.83. The average Bonchev–Trinajstić information content (AvgIpc) is 3.02. The Labute approximate surface area is 149 Å². The van der Waals surface area contributed by atoms with Crippen molar-refractivity contribution in [3.63, 3.8) is 0 Å². The molecule has 128 valence electrons. The molecule has 0 spiro atoms. The van der Waals surface area contributed by atoms with Crippen LogP contribution >= 0.6 is 12.6 Å². The Balaban J connectivity index is 1.75. The molecule has 0 aliphatic rings. The summed E-state index contributed by atoms with van der Waals surface area (Å²) in [7, 11) is 0.